The molecule has 0 radical (unpaired) electrons. The lowest BCUT2D eigenvalue weighted by Crippen LogP contribution is -2.60. The van der Waals surface area contributed by atoms with Crippen LogP contribution >= 0.6 is 0 Å². The van der Waals surface area contributed by atoms with E-state index in [1.807, 2.05) is 0 Å². The van der Waals surface area contributed by atoms with Gasteiger partial charge >= 0.3 is 12.1 Å². The van der Waals surface area contributed by atoms with Gasteiger partial charge in [-0.2, -0.15) is 0 Å². The molecule has 440 valence electrons. The highest BCUT2D eigenvalue weighted by atomic mass is 16.6. The number of carbonyl (C=O) groups is 10. The third-order valence-electron chi connectivity index (χ3n) is 11.9. The van der Waals surface area contributed by atoms with Crippen LogP contribution in [-0.2, 0) is 52.6 Å². The molecule has 0 fully saturated rings. The van der Waals surface area contributed by atoms with E-state index in [1.54, 1.807) is 142 Å². The van der Waals surface area contributed by atoms with E-state index in [0.717, 1.165) is 7.11 Å². The molecule has 21 heteroatoms. The van der Waals surface area contributed by atoms with Crippen LogP contribution in [0, 0.1) is 0 Å². The molecule has 0 heterocycles. The van der Waals surface area contributed by atoms with Gasteiger partial charge in [0.2, 0.25) is 23.6 Å². The number of alkyl carbamates (subject to hydrolysis) is 1. The number of carbonyl (C=O) groups excluding carboxylic acids is 10. The monoisotopic (exact) mass is 1140 g/mol. The van der Waals surface area contributed by atoms with Gasteiger partial charge in [0.1, 0.15) is 56.1 Å². The van der Waals surface area contributed by atoms with Crippen molar-refractivity contribution in [3.8, 4) is 0 Å². The van der Waals surface area contributed by atoms with E-state index in [4.69, 9.17) is 9.47 Å². The minimum absolute atomic E-state index is 0.279. The maximum absolute atomic E-state index is 14.4. The van der Waals surface area contributed by atoms with Crippen molar-refractivity contribution in [1.82, 2.24) is 47.9 Å². The second kappa shape index (κ2) is 27.7. The van der Waals surface area contributed by atoms with Crippen LogP contribution in [0.4, 0.5) is 4.79 Å². The van der Waals surface area contributed by atoms with Gasteiger partial charge < -0.3 is 57.3 Å². The van der Waals surface area contributed by atoms with Gasteiger partial charge in [-0.25, -0.2) is 9.59 Å². The van der Waals surface area contributed by atoms with Crippen LogP contribution in [-0.4, -0.2) is 99.7 Å². The predicted octanol–water partition coefficient (Wildman–Crippen LogP) is 5.67. The average molecular weight is 1140 g/mol. The molecule has 21 nitrogen and oxygen atoms in total. The van der Waals surface area contributed by atoms with Gasteiger partial charge in [-0.1, -0.05) is 121 Å². The summed E-state index contributed by atoms with van der Waals surface area (Å²) in [7, 11) is 1.16. The summed E-state index contributed by atoms with van der Waals surface area (Å²) >= 11 is 0. The molecule has 0 spiro atoms. The fourth-order valence-corrected chi connectivity index (χ4v) is 7.11. The zero-order valence-electron chi connectivity index (χ0n) is 49.3. The Labute approximate surface area is 484 Å². The number of rotatable bonds is 22. The summed E-state index contributed by atoms with van der Waals surface area (Å²) in [5.74, 6) is -7.97. The topological polar surface area (TPSA) is 297 Å². The van der Waals surface area contributed by atoms with E-state index in [-0.39, 0.29) is 22.8 Å². The molecule has 0 aliphatic carbocycles. The molecule has 0 aromatic heterocycles. The van der Waals surface area contributed by atoms with E-state index in [9.17, 15) is 47.9 Å². The van der Waals surface area contributed by atoms with Crippen LogP contribution in [0.15, 0.2) is 144 Å². The second-order valence-corrected chi connectivity index (χ2v) is 22.8. The molecule has 0 aliphatic heterocycles. The van der Waals surface area contributed by atoms with Crippen molar-refractivity contribution >= 4 is 83.6 Å². The standard InChI is InChI=1S/C62H75N9O12/c1-57(2,3)83-56(81)71-61(10,11)54(79)66-45(37-41-31-23-17-24-32-41)49(74)69-59(6,7)52(77)64-43(35-39-27-19-15-20-28-39)47(72)67-58(4,5)51(76)63-44(36-40-29-21-16-22-30-40)48(73)68-60(8,9)53(78)65-46(38-42-33-25-18-26-34-42)50(75)70-62(12,13)55(80)82-14/h15-38H,1-14H3,(H,63,76)(H,64,77)(H,65,78)(H,66,79)(H,67,72)(H,68,73)(H,69,74)(H,70,75)(H,71,81). The summed E-state index contributed by atoms with van der Waals surface area (Å²) in [6.07, 6.45) is 4.55. The number of ether oxygens (including phenoxy) is 2. The molecule has 0 bridgehead atoms. The first-order valence-electron chi connectivity index (χ1n) is 26.3. The van der Waals surface area contributed by atoms with Crippen molar-refractivity contribution in [1.29, 1.82) is 0 Å². The van der Waals surface area contributed by atoms with Crippen molar-refractivity contribution in [3.05, 3.63) is 166 Å². The third-order valence-corrected chi connectivity index (χ3v) is 11.9. The van der Waals surface area contributed by atoms with Crippen molar-refractivity contribution < 1.29 is 57.4 Å². The molecular formula is C62H75N9O12. The molecule has 4 aromatic carbocycles. The molecule has 0 aliphatic rings. The quantitative estimate of drug-likeness (QED) is 0.0340. The summed E-state index contributed by atoms with van der Waals surface area (Å²) in [5.41, 5.74) is -8.90. The van der Waals surface area contributed by atoms with Crippen LogP contribution in [0.25, 0.3) is 24.3 Å². The minimum atomic E-state index is -1.87. The Bertz CT molecular complexity index is 3190. The molecule has 0 saturated heterocycles. The molecule has 0 atom stereocenters. The maximum atomic E-state index is 14.4. The number of benzene rings is 4. The maximum Gasteiger partial charge on any atom is 0.408 e. The SMILES string of the molecule is COC(=O)C(C)(C)NC(=O)C(=Cc1ccccc1)NC(=O)C(C)(C)NC(=O)C(=Cc1ccccc1)NC(=O)C(C)(C)NC(=O)C(=Cc1ccccc1)NC(=O)C(C)(C)NC(=O)C(=Cc1ccccc1)NC(=O)C(C)(C)NC(=O)OC(C)(C)C. The van der Waals surface area contributed by atoms with E-state index < -0.39 is 92.6 Å². The third kappa shape index (κ3) is 20.4. The van der Waals surface area contributed by atoms with E-state index in [1.165, 1.54) is 93.5 Å². The van der Waals surface area contributed by atoms with Crippen molar-refractivity contribution in [2.45, 2.75) is 123 Å². The van der Waals surface area contributed by atoms with Crippen molar-refractivity contribution in [3.63, 3.8) is 0 Å². The largest absolute Gasteiger partial charge is 0.467 e. The fraction of sp³-hybridized carbons (Fsp3) is 0.323. The van der Waals surface area contributed by atoms with Crippen molar-refractivity contribution in [2.24, 2.45) is 0 Å². The smallest absolute Gasteiger partial charge is 0.408 e. The zero-order chi connectivity index (χ0) is 62.1. The lowest BCUT2D eigenvalue weighted by Gasteiger charge is -2.30. The highest BCUT2D eigenvalue weighted by Crippen LogP contribution is 2.18. The van der Waals surface area contributed by atoms with Crippen LogP contribution in [0.3, 0.4) is 0 Å². The Hall–Kier alpha value is -9.66. The van der Waals surface area contributed by atoms with Crippen LogP contribution in [0.2, 0.25) is 0 Å². The van der Waals surface area contributed by atoms with Crippen LogP contribution in [0.1, 0.15) is 112 Å². The fourth-order valence-electron chi connectivity index (χ4n) is 7.11. The molecule has 0 saturated carbocycles. The van der Waals surface area contributed by atoms with Gasteiger partial charge in [0, 0.05) is 0 Å². The summed E-state index contributed by atoms with van der Waals surface area (Å²) in [4.78, 5) is 138. The summed E-state index contributed by atoms with van der Waals surface area (Å²) in [6, 6.07) is 33.8. The van der Waals surface area contributed by atoms with Gasteiger partial charge in [0.25, 0.3) is 23.6 Å². The minimum Gasteiger partial charge on any atom is -0.467 e. The van der Waals surface area contributed by atoms with Gasteiger partial charge in [0.05, 0.1) is 7.11 Å². The first-order valence-corrected chi connectivity index (χ1v) is 26.3. The molecule has 83 heavy (non-hydrogen) atoms. The Morgan fingerprint density at radius 1 is 0.325 bits per heavy atom. The first-order chi connectivity index (χ1) is 38.5. The number of nitrogens with one attached hydrogen (secondary N) is 9. The second-order valence-electron chi connectivity index (χ2n) is 22.8. The first kappa shape index (κ1) is 65.9. The molecule has 4 rings (SSSR count). The average Bonchev–Trinajstić information content (AvgIpc) is 3.61. The molecule has 9 N–H and O–H groups in total. The van der Waals surface area contributed by atoms with Gasteiger partial charge in [0.15, 0.2) is 0 Å². The molecular weight excluding hydrogens is 1060 g/mol. The number of hydrogen-bond donors (Lipinski definition) is 9. The van der Waals surface area contributed by atoms with Crippen molar-refractivity contribution in [2.75, 3.05) is 7.11 Å². The van der Waals surface area contributed by atoms with Crippen LogP contribution < -0.4 is 47.9 Å². The summed E-state index contributed by atoms with van der Waals surface area (Å²) < 4.78 is 10.2. The number of esters is 1. The summed E-state index contributed by atoms with van der Waals surface area (Å²) in [6.45, 7) is 18.7. The molecule has 0 unspecified atom stereocenters. The number of amides is 9. The van der Waals surface area contributed by atoms with E-state index in [0.29, 0.717) is 22.3 Å². The molecule has 4 aromatic rings. The highest BCUT2D eigenvalue weighted by Gasteiger charge is 2.39. The Morgan fingerprint density at radius 2 is 0.542 bits per heavy atom. The van der Waals surface area contributed by atoms with Gasteiger partial charge in [-0.05, 0) is 137 Å². The Kier molecular flexibility index (Phi) is 22.0. The highest BCUT2D eigenvalue weighted by molar-refractivity contribution is 6.10. The Morgan fingerprint density at radius 3 is 0.759 bits per heavy atom. The zero-order valence-corrected chi connectivity index (χ0v) is 49.3. The lowest BCUT2D eigenvalue weighted by molar-refractivity contribution is -0.149. The summed E-state index contributed by atoms with van der Waals surface area (Å²) in [5, 5.41) is 23.2. The lowest BCUT2D eigenvalue weighted by atomic mass is 10.0. The van der Waals surface area contributed by atoms with E-state index >= 15 is 0 Å². The number of methoxy groups -OCH3 is 1. The normalized spacial score (nSPS) is 12.7. The van der Waals surface area contributed by atoms with Gasteiger partial charge in [-0.3, -0.25) is 38.4 Å². The van der Waals surface area contributed by atoms with E-state index in [2.05, 4.69) is 47.9 Å². The molecule has 9 amide bonds. The van der Waals surface area contributed by atoms with Gasteiger partial charge in [-0.15, -0.1) is 0 Å². The van der Waals surface area contributed by atoms with Crippen LogP contribution in [0.5, 0.6) is 0 Å². The number of hydrogen-bond acceptors (Lipinski definition) is 12. The Balaban J connectivity index is 1.60. The predicted molar refractivity (Wildman–Crippen MR) is 315 cm³/mol.